The highest BCUT2D eigenvalue weighted by Crippen LogP contribution is 2.58. The number of allylic oxidation sites excluding steroid dienone is 6. The minimum atomic E-state index is -2.23. The molecular weight excluding hydrogens is 869 g/mol. The molecule has 0 unspecified atom stereocenters. The number of rotatable bonds is 4. The number of hydrogen-bond donors (Lipinski definition) is 0. The van der Waals surface area contributed by atoms with Crippen molar-refractivity contribution in [1.29, 1.82) is 26.3 Å². The molecule has 2 aliphatic rings. The van der Waals surface area contributed by atoms with Crippen LogP contribution in [0.1, 0.15) is 61.2 Å². The standard InChI is InChI=1S/C48H8F8N10/c1-62-23-8-19(14-57)6-21(10-23)29(16-59)32-26-13-28-27(12-25(26)30(17-60)33(32)36-40(51)38(49)31(18-61)39(50)41(36)52)34(46(64-3)22-7-20(15-58)9-24(11-22)63-2)35(47(28)65-4)37-42(53)44(55)48(66-5)45(56)43(37)54/h6-13H/b32-29+,46-34-. The van der Waals surface area contributed by atoms with Crippen molar-refractivity contribution in [2.75, 3.05) is 0 Å². The van der Waals surface area contributed by atoms with Crippen molar-refractivity contribution in [2.24, 2.45) is 0 Å². The van der Waals surface area contributed by atoms with Gasteiger partial charge in [0.05, 0.1) is 61.7 Å². The van der Waals surface area contributed by atoms with Crippen LogP contribution >= 0.6 is 0 Å². The molecule has 0 aromatic heterocycles. The van der Waals surface area contributed by atoms with E-state index in [-0.39, 0.29) is 33.6 Å². The SMILES string of the molecule is [C-]#[N+]C1=C(c2c(F)c(F)c([N+]#[C-])c(F)c2F)/C(=C(\[N+]#[C-])c2cc(C#N)cc([N+]#[C-])c2)c2cc3c(cc21)/C(=C(/C#N)c1cc(C#N)cc([N+]#[C-])c1)C(c1c(F)c(F)c(C#N)c(F)c1F)=C3C#N. The normalized spacial score (nSPS) is 13.5. The van der Waals surface area contributed by atoms with E-state index < -0.39 is 136 Å². The van der Waals surface area contributed by atoms with Gasteiger partial charge in [-0.3, -0.25) is 0 Å². The van der Waals surface area contributed by atoms with Crippen LogP contribution in [-0.2, 0) is 0 Å². The molecule has 5 aromatic carbocycles. The Bertz CT molecular complexity index is 3430. The maximum atomic E-state index is 16.2. The molecule has 0 saturated carbocycles. The Labute approximate surface area is 366 Å². The smallest absolute Gasteiger partial charge is 0.238 e. The molecule has 0 fully saturated rings. The first-order valence-electron chi connectivity index (χ1n) is 17.7. The third-order valence-corrected chi connectivity index (χ3v) is 10.3. The number of hydrogen-bond acceptors (Lipinski definition) is 5. The van der Waals surface area contributed by atoms with E-state index in [1.54, 1.807) is 24.3 Å². The van der Waals surface area contributed by atoms with Crippen molar-refractivity contribution in [3.05, 3.63) is 213 Å². The summed E-state index contributed by atoms with van der Waals surface area (Å²) >= 11 is 0. The van der Waals surface area contributed by atoms with Crippen molar-refractivity contribution in [3.8, 4) is 30.3 Å². The van der Waals surface area contributed by atoms with E-state index >= 15 is 35.1 Å². The van der Waals surface area contributed by atoms with Gasteiger partial charge in [-0.05, 0) is 69.3 Å². The van der Waals surface area contributed by atoms with E-state index in [4.69, 9.17) is 32.9 Å². The molecule has 0 aliphatic heterocycles. The van der Waals surface area contributed by atoms with Gasteiger partial charge in [-0.2, -0.15) is 26.3 Å². The highest BCUT2D eigenvalue weighted by Gasteiger charge is 2.42. The second kappa shape index (κ2) is 16.4. The Morgan fingerprint density at radius 2 is 0.955 bits per heavy atom. The van der Waals surface area contributed by atoms with Gasteiger partial charge in [0, 0.05) is 33.4 Å². The van der Waals surface area contributed by atoms with Gasteiger partial charge >= 0.3 is 0 Å². The van der Waals surface area contributed by atoms with Crippen molar-refractivity contribution in [1.82, 2.24) is 0 Å². The molecular formula is C48H8F8N10. The lowest BCUT2D eigenvalue weighted by Gasteiger charge is -2.17. The van der Waals surface area contributed by atoms with Crippen LogP contribution in [0.3, 0.4) is 0 Å². The lowest BCUT2D eigenvalue weighted by molar-refractivity contribution is 0.447. The minimum absolute atomic E-state index is 0.245. The van der Waals surface area contributed by atoms with Crippen molar-refractivity contribution in [2.45, 2.75) is 0 Å². The van der Waals surface area contributed by atoms with E-state index in [0.717, 1.165) is 54.6 Å². The third kappa shape index (κ3) is 6.23. The Kier molecular flexibility index (Phi) is 10.8. The van der Waals surface area contributed by atoms with Gasteiger partial charge in [-0.25, -0.2) is 59.3 Å². The number of halogens is 8. The molecule has 66 heavy (non-hydrogen) atoms. The predicted molar refractivity (Wildman–Crippen MR) is 216 cm³/mol. The average Bonchev–Trinajstić information content (AvgIpc) is 3.80. The van der Waals surface area contributed by atoms with E-state index in [0.29, 0.717) is 0 Å². The number of nitriles is 5. The van der Waals surface area contributed by atoms with Gasteiger partial charge in [0.15, 0.2) is 63.6 Å². The highest BCUT2D eigenvalue weighted by atomic mass is 19.2. The first-order valence-corrected chi connectivity index (χ1v) is 17.7. The molecule has 18 heteroatoms. The largest absolute Gasteiger partial charge is 0.262 e. The summed E-state index contributed by atoms with van der Waals surface area (Å²) in [6, 6.07) is 16.0. The summed E-state index contributed by atoms with van der Waals surface area (Å²) < 4.78 is 127. The summed E-state index contributed by atoms with van der Waals surface area (Å²) in [5.41, 5.74) is -17.4. The van der Waals surface area contributed by atoms with E-state index in [9.17, 15) is 26.3 Å². The van der Waals surface area contributed by atoms with Crippen LogP contribution in [0.2, 0.25) is 0 Å². The highest BCUT2D eigenvalue weighted by molar-refractivity contribution is 6.33. The van der Waals surface area contributed by atoms with Crippen LogP contribution in [-0.4, -0.2) is 0 Å². The Morgan fingerprint density at radius 3 is 1.42 bits per heavy atom. The zero-order chi connectivity index (χ0) is 48.0. The molecule has 0 radical (unpaired) electrons. The van der Waals surface area contributed by atoms with Crippen LogP contribution in [0.25, 0.3) is 69.1 Å². The zero-order valence-corrected chi connectivity index (χ0v) is 32.1. The van der Waals surface area contributed by atoms with Crippen LogP contribution in [0.4, 0.5) is 52.2 Å². The van der Waals surface area contributed by atoms with Gasteiger partial charge in [0.1, 0.15) is 23.8 Å². The summed E-state index contributed by atoms with van der Waals surface area (Å²) in [5.74, 6) is -17.8. The minimum Gasteiger partial charge on any atom is -0.238 e. The Hall–Kier alpha value is -10.6. The molecule has 0 saturated heterocycles. The molecule has 0 amide bonds. The van der Waals surface area contributed by atoms with Gasteiger partial charge in [-0.15, -0.1) is 0 Å². The number of nitrogens with zero attached hydrogens (tertiary/aromatic N) is 10. The van der Waals surface area contributed by atoms with Gasteiger partial charge in [-0.1, -0.05) is 18.2 Å². The summed E-state index contributed by atoms with van der Waals surface area (Å²) in [6.45, 7) is 38.7. The van der Waals surface area contributed by atoms with Crippen molar-refractivity contribution in [3.63, 3.8) is 0 Å². The molecule has 10 nitrogen and oxygen atoms in total. The summed E-state index contributed by atoms with van der Waals surface area (Å²) in [7, 11) is 0. The fourth-order valence-electron chi connectivity index (χ4n) is 7.61. The maximum absolute atomic E-state index is 16.2. The molecule has 2 aliphatic carbocycles. The maximum Gasteiger partial charge on any atom is 0.262 e. The van der Waals surface area contributed by atoms with Crippen LogP contribution in [0.5, 0.6) is 0 Å². The summed E-state index contributed by atoms with van der Waals surface area (Å²) in [6.07, 6.45) is 0. The fraction of sp³-hybridized carbons (Fsp3) is 0. The summed E-state index contributed by atoms with van der Waals surface area (Å²) in [5, 5.41) is 50.4. The first-order chi connectivity index (χ1) is 31.6. The third-order valence-electron chi connectivity index (χ3n) is 10.3. The van der Waals surface area contributed by atoms with Gasteiger partial charge in [0.25, 0.3) is 5.69 Å². The monoisotopic (exact) mass is 876 g/mol. The molecule has 0 heterocycles. The van der Waals surface area contributed by atoms with Gasteiger partial charge < -0.3 is 0 Å². The second-order valence-electron chi connectivity index (χ2n) is 13.5. The van der Waals surface area contributed by atoms with Crippen LogP contribution in [0, 0.1) is 136 Å². The lowest BCUT2D eigenvalue weighted by Crippen LogP contribution is -2.07. The zero-order valence-electron chi connectivity index (χ0n) is 32.1. The van der Waals surface area contributed by atoms with Crippen LogP contribution in [0.15, 0.2) is 48.5 Å². The molecule has 0 spiro atoms. The number of benzene rings is 5. The molecule has 5 aromatic rings. The van der Waals surface area contributed by atoms with Crippen molar-refractivity contribution >= 4 is 61.9 Å². The topological polar surface area (TPSA) is 141 Å². The summed E-state index contributed by atoms with van der Waals surface area (Å²) in [4.78, 5) is 15.9. The van der Waals surface area contributed by atoms with Crippen molar-refractivity contribution < 1.29 is 35.1 Å². The molecule has 7 rings (SSSR count). The van der Waals surface area contributed by atoms with Gasteiger partial charge in [0.2, 0.25) is 5.70 Å². The second-order valence-corrected chi connectivity index (χ2v) is 13.5. The average molecular weight is 877 g/mol. The first kappa shape index (κ1) is 43.5. The quantitative estimate of drug-likeness (QED) is 0.0765. The Balaban J connectivity index is 1.77. The molecule has 0 N–H and O–H groups in total. The number of fused-ring (bicyclic) bond motifs is 2. The lowest BCUT2D eigenvalue weighted by atomic mass is 9.87. The molecule has 0 bridgehead atoms. The fourth-order valence-corrected chi connectivity index (χ4v) is 7.61. The Morgan fingerprint density at radius 1 is 0.455 bits per heavy atom. The predicted octanol–water partition coefficient (Wildman–Crippen LogP) is 12.5. The van der Waals surface area contributed by atoms with Crippen LogP contribution < -0.4 is 0 Å². The molecule has 306 valence electrons. The van der Waals surface area contributed by atoms with E-state index in [1.807, 2.05) is 0 Å². The van der Waals surface area contributed by atoms with E-state index in [2.05, 4.69) is 24.2 Å². The van der Waals surface area contributed by atoms with E-state index in [1.165, 1.54) is 0 Å². The molecule has 0 atom stereocenters.